The lowest BCUT2D eigenvalue weighted by atomic mass is 10.1. The number of nitrogens with zero attached hydrogens (tertiary/aromatic N) is 1. The molecule has 3 nitrogen and oxygen atoms in total. The van der Waals surface area contributed by atoms with Crippen LogP contribution in [-0.2, 0) is 0 Å². The van der Waals surface area contributed by atoms with Crippen molar-refractivity contribution < 1.29 is 9.63 Å². The molecule has 0 aliphatic rings. The summed E-state index contributed by atoms with van der Waals surface area (Å²) in [6, 6.07) is 16.1. The highest BCUT2D eigenvalue weighted by Crippen LogP contribution is 2.31. The summed E-state index contributed by atoms with van der Waals surface area (Å²) in [4.78, 5) is 0. The molecule has 0 spiro atoms. The zero-order valence-electron chi connectivity index (χ0n) is 9.88. The summed E-state index contributed by atoms with van der Waals surface area (Å²) in [5.74, 6) is 0.698. The maximum absolute atomic E-state index is 9.77. The third-order valence-electron chi connectivity index (χ3n) is 2.82. The van der Waals surface area contributed by atoms with Gasteiger partial charge in [-0.3, -0.25) is 0 Å². The molecule has 0 amide bonds. The second-order valence-electron chi connectivity index (χ2n) is 4.10. The summed E-state index contributed by atoms with van der Waals surface area (Å²) in [6.45, 7) is 0. The van der Waals surface area contributed by atoms with Crippen LogP contribution in [0.25, 0.3) is 22.6 Å². The van der Waals surface area contributed by atoms with Crippen LogP contribution in [0.15, 0.2) is 59.1 Å². The molecular weight excluding hydrogens is 262 g/mol. The Bertz CT molecular complexity index is 704. The minimum absolute atomic E-state index is 0.168. The summed E-state index contributed by atoms with van der Waals surface area (Å²) >= 11 is 5.84. The molecule has 4 heteroatoms. The van der Waals surface area contributed by atoms with E-state index >= 15 is 0 Å². The summed E-state index contributed by atoms with van der Waals surface area (Å²) in [7, 11) is 0. The Kier molecular flexibility index (Phi) is 2.97. The molecule has 1 heterocycles. The number of rotatable bonds is 2. The Morgan fingerprint density at radius 1 is 1.00 bits per heavy atom. The smallest absolute Gasteiger partial charge is 0.171 e. The average Bonchev–Trinajstić information content (AvgIpc) is 2.89. The minimum atomic E-state index is 0.168. The lowest BCUT2D eigenvalue weighted by molar-refractivity contribution is 0.428. The van der Waals surface area contributed by atoms with Gasteiger partial charge in [-0.05, 0) is 24.3 Å². The van der Waals surface area contributed by atoms with Gasteiger partial charge in [-0.1, -0.05) is 41.0 Å². The standard InChI is InChI=1S/C15H10ClNO2/c16-11-7-5-10(6-8-11)13-9-15(19-17-13)12-3-1-2-4-14(12)18/h1-9,18H. The largest absolute Gasteiger partial charge is 0.507 e. The maximum Gasteiger partial charge on any atom is 0.171 e. The topological polar surface area (TPSA) is 46.3 Å². The number of benzene rings is 2. The average molecular weight is 272 g/mol. The van der Waals surface area contributed by atoms with E-state index in [9.17, 15) is 5.11 Å². The lowest BCUT2D eigenvalue weighted by Crippen LogP contribution is -1.75. The van der Waals surface area contributed by atoms with E-state index in [-0.39, 0.29) is 5.75 Å². The summed E-state index contributed by atoms with van der Waals surface area (Å²) in [6.07, 6.45) is 0. The Balaban J connectivity index is 2.00. The molecule has 1 aromatic heterocycles. The number of aromatic nitrogens is 1. The van der Waals surface area contributed by atoms with E-state index in [1.54, 1.807) is 36.4 Å². The number of para-hydroxylation sites is 1. The van der Waals surface area contributed by atoms with Crippen molar-refractivity contribution in [1.82, 2.24) is 5.16 Å². The van der Waals surface area contributed by atoms with Crippen LogP contribution in [-0.4, -0.2) is 10.3 Å². The Labute approximate surface area is 115 Å². The molecule has 0 saturated carbocycles. The van der Waals surface area contributed by atoms with Crippen molar-refractivity contribution in [3.63, 3.8) is 0 Å². The molecule has 0 bridgehead atoms. The van der Waals surface area contributed by atoms with Crippen molar-refractivity contribution in [2.24, 2.45) is 0 Å². The van der Waals surface area contributed by atoms with Crippen molar-refractivity contribution >= 4 is 11.6 Å². The predicted octanol–water partition coefficient (Wildman–Crippen LogP) is 4.37. The van der Waals surface area contributed by atoms with Gasteiger partial charge in [0, 0.05) is 16.7 Å². The first-order valence-corrected chi connectivity index (χ1v) is 6.13. The molecule has 1 N–H and O–H groups in total. The van der Waals surface area contributed by atoms with Crippen LogP contribution < -0.4 is 0 Å². The Hall–Kier alpha value is -2.26. The molecule has 0 unspecified atom stereocenters. The van der Waals surface area contributed by atoms with Crippen LogP contribution in [0.4, 0.5) is 0 Å². The first-order valence-electron chi connectivity index (χ1n) is 5.75. The van der Waals surface area contributed by atoms with Crippen molar-refractivity contribution in [2.75, 3.05) is 0 Å². The lowest BCUT2D eigenvalue weighted by Gasteiger charge is -1.97. The molecule has 0 saturated heterocycles. The molecule has 0 fully saturated rings. The van der Waals surface area contributed by atoms with Crippen LogP contribution in [0, 0.1) is 0 Å². The van der Waals surface area contributed by atoms with Crippen LogP contribution in [0.1, 0.15) is 0 Å². The van der Waals surface area contributed by atoms with Crippen molar-refractivity contribution in [2.45, 2.75) is 0 Å². The second kappa shape index (κ2) is 4.78. The van der Waals surface area contributed by atoms with E-state index < -0.39 is 0 Å². The molecule has 0 atom stereocenters. The van der Waals surface area contributed by atoms with E-state index in [4.69, 9.17) is 16.1 Å². The van der Waals surface area contributed by atoms with E-state index in [1.807, 2.05) is 18.2 Å². The highest BCUT2D eigenvalue weighted by Gasteiger charge is 2.11. The monoisotopic (exact) mass is 271 g/mol. The fourth-order valence-corrected chi connectivity index (χ4v) is 1.97. The third kappa shape index (κ3) is 2.33. The van der Waals surface area contributed by atoms with Gasteiger partial charge in [0.25, 0.3) is 0 Å². The fourth-order valence-electron chi connectivity index (χ4n) is 1.84. The fraction of sp³-hybridized carbons (Fsp3) is 0. The van der Waals surface area contributed by atoms with Crippen molar-refractivity contribution in [3.8, 4) is 28.3 Å². The number of hydrogen-bond acceptors (Lipinski definition) is 3. The molecule has 3 aromatic rings. The number of halogens is 1. The van der Waals surface area contributed by atoms with Gasteiger partial charge in [0.05, 0.1) is 5.56 Å². The van der Waals surface area contributed by atoms with Gasteiger partial charge >= 0.3 is 0 Å². The van der Waals surface area contributed by atoms with Crippen LogP contribution in [0.2, 0.25) is 5.02 Å². The van der Waals surface area contributed by atoms with Crippen LogP contribution in [0.3, 0.4) is 0 Å². The van der Waals surface area contributed by atoms with Gasteiger partial charge in [0.1, 0.15) is 11.4 Å². The van der Waals surface area contributed by atoms with E-state index in [2.05, 4.69) is 5.16 Å². The SMILES string of the molecule is Oc1ccccc1-c1cc(-c2ccc(Cl)cc2)no1. The van der Waals surface area contributed by atoms with Gasteiger partial charge in [0.15, 0.2) is 5.76 Å². The maximum atomic E-state index is 9.77. The molecule has 94 valence electrons. The molecule has 2 aromatic carbocycles. The number of hydrogen-bond donors (Lipinski definition) is 1. The van der Waals surface area contributed by atoms with Gasteiger partial charge < -0.3 is 9.63 Å². The van der Waals surface area contributed by atoms with Gasteiger partial charge in [0.2, 0.25) is 0 Å². The summed E-state index contributed by atoms with van der Waals surface area (Å²) in [5, 5.41) is 14.5. The summed E-state index contributed by atoms with van der Waals surface area (Å²) < 4.78 is 5.27. The molecule has 19 heavy (non-hydrogen) atoms. The number of phenolic OH excluding ortho intramolecular Hbond substituents is 1. The van der Waals surface area contributed by atoms with Crippen molar-refractivity contribution in [1.29, 1.82) is 0 Å². The third-order valence-corrected chi connectivity index (χ3v) is 3.07. The Morgan fingerprint density at radius 3 is 2.47 bits per heavy atom. The minimum Gasteiger partial charge on any atom is -0.507 e. The normalized spacial score (nSPS) is 10.6. The zero-order chi connectivity index (χ0) is 13.2. The second-order valence-corrected chi connectivity index (χ2v) is 4.54. The molecule has 3 rings (SSSR count). The van der Waals surface area contributed by atoms with E-state index in [0.29, 0.717) is 22.0 Å². The van der Waals surface area contributed by atoms with Crippen LogP contribution >= 0.6 is 11.6 Å². The van der Waals surface area contributed by atoms with Crippen molar-refractivity contribution in [3.05, 3.63) is 59.6 Å². The van der Waals surface area contributed by atoms with E-state index in [0.717, 1.165) is 5.56 Å². The van der Waals surface area contributed by atoms with Gasteiger partial charge in [-0.2, -0.15) is 0 Å². The first-order chi connectivity index (χ1) is 9.24. The first kappa shape index (κ1) is 11.8. The zero-order valence-corrected chi connectivity index (χ0v) is 10.6. The van der Waals surface area contributed by atoms with Gasteiger partial charge in [-0.15, -0.1) is 0 Å². The number of phenols is 1. The molecular formula is C15H10ClNO2. The molecule has 0 radical (unpaired) electrons. The quantitative estimate of drug-likeness (QED) is 0.753. The molecule has 0 aliphatic heterocycles. The predicted molar refractivity (Wildman–Crippen MR) is 74.0 cm³/mol. The number of aromatic hydroxyl groups is 1. The molecule has 0 aliphatic carbocycles. The summed E-state index contributed by atoms with van der Waals surface area (Å²) in [5.41, 5.74) is 2.24. The Morgan fingerprint density at radius 2 is 1.74 bits per heavy atom. The highest BCUT2D eigenvalue weighted by molar-refractivity contribution is 6.30. The van der Waals surface area contributed by atoms with E-state index in [1.165, 1.54) is 0 Å². The highest BCUT2D eigenvalue weighted by atomic mass is 35.5. The van der Waals surface area contributed by atoms with Gasteiger partial charge in [-0.25, -0.2) is 0 Å². The van der Waals surface area contributed by atoms with Crippen LogP contribution in [0.5, 0.6) is 5.75 Å².